The summed E-state index contributed by atoms with van der Waals surface area (Å²) in [7, 11) is 0. The van der Waals surface area contributed by atoms with E-state index in [1.165, 1.54) is 25.7 Å². The van der Waals surface area contributed by atoms with Crippen LogP contribution in [0.2, 0.25) is 0 Å². The number of halogens is 1. The SMILES string of the molecule is N[C@H]1CCCC[C@H]1CN(Cl)CCN1CCOCC1. The average Bonchev–Trinajstić information content (AvgIpc) is 2.40. The summed E-state index contributed by atoms with van der Waals surface area (Å²) in [5.74, 6) is 0.584. The van der Waals surface area contributed by atoms with Crippen molar-refractivity contribution in [1.82, 2.24) is 9.32 Å². The predicted octanol–water partition coefficient (Wildman–Crippen LogP) is 1.29. The van der Waals surface area contributed by atoms with Gasteiger partial charge in [0.2, 0.25) is 0 Å². The summed E-state index contributed by atoms with van der Waals surface area (Å²) >= 11 is 6.32. The van der Waals surface area contributed by atoms with Crippen LogP contribution in [0.3, 0.4) is 0 Å². The Labute approximate surface area is 115 Å². The molecule has 1 heterocycles. The summed E-state index contributed by atoms with van der Waals surface area (Å²) in [6, 6.07) is 0.350. The maximum atomic E-state index is 6.32. The highest BCUT2D eigenvalue weighted by atomic mass is 35.5. The lowest BCUT2D eigenvalue weighted by molar-refractivity contribution is 0.0358. The van der Waals surface area contributed by atoms with Crippen LogP contribution in [0.25, 0.3) is 0 Å². The molecule has 2 aliphatic rings. The topological polar surface area (TPSA) is 41.7 Å². The van der Waals surface area contributed by atoms with E-state index in [0.717, 1.165) is 45.9 Å². The van der Waals surface area contributed by atoms with Gasteiger partial charge in [0.15, 0.2) is 0 Å². The van der Waals surface area contributed by atoms with Gasteiger partial charge in [-0.25, -0.2) is 4.42 Å². The van der Waals surface area contributed by atoms with Crippen molar-refractivity contribution in [3.63, 3.8) is 0 Å². The number of hydrogen-bond acceptors (Lipinski definition) is 4. The molecule has 1 aliphatic carbocycles. The zero-order chi connectivity index (χ0) is 12.8. The van der Waals surface area contributed by atoms with Crippen LogP contribution < -0.4 is 5.73 Å². The third-order valence-electron chi connectivity index (χ3n) is 4.16. The Kier molecular flexibility index (Phi) is 6.18. The largest absolute Gasteiger partial charge is 0.379 e. The lowest BCUT2D eigenvalue weighted by atomic mass is 9.85. The molecule has 2 atom stereocenters. The van der Waals surface area contributed by atoms with Crippen molar-refractivity contribution in [2.24, 2.45) is 11.7 Å². The number of morpholine rings is 1. The van der Waals surface area contributed by atoms with Crippen LogP contribution in [0, 0.1) is 5.92 Å². The van der Waals surface area contributed by atoms with Gasteiger partial charge in [0.05, 0.1) is 13.2 Å². The Morgan fingerprint density at radius 1 is 1.22 bits per heavy atom. The second kappa shape index (κ2) is 7.65. The molecule has 0 spiro atoms. The third-order valence-corrected chi connectivity index (χ3v) is 4.47. The fourth-order valence-corrected chi connectivity index (χ4v) is 3.14. The Bertz CT molecular complexity index is 236. The van der Waals surface area contributed by atoms with Crippen molar-refractivity contribution < 1.29 is 4.74 Å². The highest BCUT2D eigenvalue weighted by Crippen LogP contribution is 2.24. The second-order valence-corrected chi connectivity index (χ2v) is 6.01. The van der Waals surface area contributed by atoms with E-state index in [2.05, 4.69) is 4.90 Å². The average molecular weight is 276 g/mol. The molecule has 106 valence electrons. The molecule has 18 heavy (non-hydrogen) atoms. The first-order valence-corrected chi connectivity index (χ1v) is 7.56. The molecule has 0 radical (unpaired) electrons. The fraction of sp³-hybridized carbons (Fsp3) is 1.00. The zero-order valence-electron chi connectivity index (χ0n) is 11.2. The molecule has 5 heteroatoms. The van der Waals surface area contributed by atoms with Crippen LogP contribution >= 0.6 is 11.8 Å². The molecule has 0 bridgehead atoms. The normalized spacial score (nSPS) is 30.8. The molecule has 4 nitrogen and oxygen atoms in total. The van der Waals surface area contributed by atoms with E-state index >= 15 is 0 Å². The van der Waals surface area contributed by atoms with Crippen molar-refractivity contribution in [1.29, 1.82) is 0 Å². The van der Waals surface area contributed by atoms with Gasteiger partial charge in [0.1, 0.15) is 0 Å². The molecule has 0 aromatic carbocycles. The van der Waals surface area contributed by atoms with Gasteiger partial charge in [-0.05, 0) is 30.5 Å². The standard InChI is InChI=1S/C13H26ClN3O/c14-17(6-5-16-7-9-18-10-8-16)11-12-3-1-2-4-13(12)15/h12-13H,1-11,15H2/t12-,13-/m0/s1. The summed E-state index contributed by atoms with van der Waals surface area (Å²) in [6.07, 6.45) is 5.00. The van der Waals surface area contributed by atoms with Gasteiger partial charge < -0.3 is 10.5 Å². The van der Waals surface area contributed by atoms with Crippen LogP contribution in [0.5, 0.6) is 0 Å². The zero-order valence-corrected chi connectivity index (χ0v) is 11.9. The van der Waals surface area contributed by atoms with Gasteiger partial charge >= 0.3 is 0 Å². The summed E-state index contributed by atoms with van der Waals surface area (Å²) in [6.45, 7) is 6.68. The van der Waals surface area contributed by atoms with Crippen molar-refractivity contribution >= 4 is 11.8 Å². The fourth-order valence-electron chi connectivity index (χ4n) is 2.88. The first kappa shape index (κ1) is 14.5. The van der Waals surface area contributed by atoms with E-state index in [-0.39, 0.29) is 0 Å². The van der Waals surface area contributed by atoms with Crippen molar-refractivity contribution in [2.75, 3.05) is 45.9 Å². The van der Waals surface area contributed by atoms with E-state index < -0.39 is 0 Å². The van der Waals surface area contributed by atoms with Gasteiger partial charge in [-0.3, -0.25) is 4.90 Å². The quantitative estimate of drug-likeness (QED) is 0.768. The maximum absolute atomic E-state index is 6.32. The molecule has 2 fully saturated rings. The minimum absolute atomic E-state index is 0.350. The third kappa shape index (κ3) is 4.67. The van der Waals surface area contributed by atoms with E-state index in [4.69, 9.17) is 22.2 Å². The van der Waals surface area contributed by atoms with Crippen molar-refractivity contribution in [3.8, 4) is 0 Å². The molecule has 2 N–H and O–H groups in total. The van der Waals surface area contributed by atoms with E-state index in [0.29, 0.717) is 12.0 Å². The highest BCUT2D eigenvalue weighted by molar-refractivity contribution is 6.13. The first-order valence-electron chi connectivity index (χ1n) is 7.22. The van der Waals surface area contributed by atoms with Crippen molar-refractivity contribution in [3.05, 3.63) is 0 Å². The summed E-state index contributed by atoms with van der Waals surface area (Å²) in [4.78, 5) is 2.42. The molecule has 0 unspecified atom stereocenters. The summed E-state index contributed by atoms with van der Waals surface area (Å²) < 4.78 is 7.27. The van der Waals surface area contributed by atoms with Crippen molar-refractivity contribution in [2.45, 2.75) is 31.7 Å². The Balaban J connectivity index is 1.63. The summed E-state index contributed by atoms with van der Waals surface area (Å²) in [5, 5.41) is 0. The monoisotopic (exact) mass is 275 g/mol. The minimum Gasteiger partial charge on any atom is -0.379 e. The van der Waals surface area contributed by atoms with Crippen LogP contribution in [-0.4, -0.2) is 61.3 Å². The van der Waals surface area contributed by atoms with Gasteiger partial charge in [-0.1, -0.05) is 12.8 Å². The van der Waals surface area contributed by atoms with E-state index in [9.17, 15) is 0 Å². The maximum Gasteiger partial charge on any atom is 0.0594 e. The molecular formula is C13H26ClN3O. The lowest BCUT2D eigenvalue weighted by Gasteiger charge is -2.32. The molecule has 1 saturated heterocycles. The molecular weight excluding hydrogens is 250 g/mol. The molecule has 1 aliphatic heterocycles. The van der Waals surface area contributed by atoms with Gasteiger partial charge in [-0.2, -0.15) is 0 Å². The molecule has 0 aromatic rings. The molecule has 0 amide bonds. The summed E-state index contributed by atoms with van der Waals surface area (Å²) in [5.41, 5.74) is 6.15. The molecule has 2 rings (SSSR count). The number of nitrogens with two attached hydrogens (primary N) is 1. The smallest absolute Gasteiger partial charge is 0.0594 e. The first-order chi connectivity index (χ1) is 8.75. The number of rotatable bonds is 5. The molecule has 1 saturated carbocycles. The minimum atomic E-state index is 0.350. The van der Waals surface area contributed by atoms with Crippen LogP contribution in [0.15, 0.2) is 0 Å². The van der Waals surface area contributed by atoms with Gasteiger partial charge in [0, 0.05) is 38.8 Å². The highest BCUT2D eigenvalue weighted by Gasteiger charge is 2.23. The van der Waals surface area contributed by atoms with Crippen LogP contribution in [0.1, 0.15) is 25.7 Å². The number of ether oxygens (including phenoxy) is 1. The lowest BCUT2D eigenvalue weighted by Crippen LogP contribution is -2.42. The van der Waals surface area contributed by atoms with Gasteiger partial charge in [-0.15, -0.1) is 0 Å². The molecule has 0 aromatic heterocycles. The Morgan fingerprint density at radius 2 is 1.94 bits per heavy atom. The van der Waals surface area contributed by atoms with E-state index in [1.807, 2.05) is 4.42 Å². The Hall–Kier alpha value is 0.130. The number of hydrogen-bond donors (Lipinski definition) is 1. The van der Waals surface area contributed by atoms with E-state index in [1.54, 1.807) is 0 Å². The van der Waals surface area contributed by atoms with Crippen LogP contribution in [-0.2, 0) is 4.74 Å². The van der Waals surface area contributed by atoms with Crippen LogP contribution in [0.4, 0.5) is 0 Å². The predicted molar refractivity (Wildman–Crippen MR) is 74.6 cm³/mol. The Morgan fingerprint density at radius 3 is 2.67 bits per heavy atom. The number of nitrogens with zero attached hydrogens (tertiary/aromatic N) is 2. The second-order valence-electron chi connectivity index (χ2n) is 5.53. The van der Waals surface area contributed by atoms with Gasteiger partial charge in [0.25, 0.3) is 0 Å².